The highest BCUT2D eigenvalue weighted by Gasteiger charge is 2.48. The highest BCUT2D eigenvalue weighted by molar-refractivity contribution is 5.85. The molecular weight excluding hydrogens is 451 g/mol. The Labute approximate surface area is 212 Å². The van der Waals surface area contributed by atoms with Crippen LogP contribution < -0.4 is 5.32 Å². The van der Waals surface area contributed by atoms with Gasteiger partial charge in [0.15, 0.2) is 5.82 Å². The average molecular weight is 489 g/mol. The maximum atomic E-state index is 12.4. The van der Waals surface area contributed by atoms with Crippen molar-refractivity contribution in [1.82, 2.24) is 24.8 Å². The van der Waals surface area contributed by atoms with Crippen LogP contribution >= 0.6 is 0 Å². The van der Waals surface area contributed by atoms with Gasteiger partial charge in [-0.25, -0.2) is 9.97 Å². The van der Waals surface area contributed by atoms with Crippen LogP contribution in [-0.2, 0) is 6.42 Å². The lowest BCUT2D eigenvalue weighted by Gasteiger charge is -2.55. The molecule has 3 aliphatic carbocycles. The van der Waals surface area contributed by atoms with E-state index in [2.05, 4.69) is 51.3 Å². The lowest BCUT2D eigenvalue weighted by Crippen LogP contribution is -2.56. The van der Waals surface area contributed by atoms with Crippen LogP contribution in [0.4, 0.5) is 10.1 Å². The van der Waals surface area contributed by atoms with E-state index < -0.39 is 0 Å². The summed E-state index contributed by atoms with van der Waals surface area (Å²) in [6.45, 7) is 4.93. The molecule has 0 unspecified atom stereocenters. The molecule has 0 amide bonds. The Morgan fingerprint density at radius 1 is 1.11 bits per heavy atom. The zero-order chi connectivity index (χ0) is 24.2. The van der Waals surface area contributed by atoms with Gasteiger partial charge in [0.25, 0.3) is 0 Å². The van der Waals surface area contributed by atoms with Crippen molar-refractivity contribution in [1.29, 1.82) is 0 Å². The van der Waals surface area contributed by atoms with Crippen LogP contribution in [-0.4, -0.2) is 69.2 Å². The lowest BCUT2D eigenvalue weighted by molar-refractivity contribution is -0.0372. The van der Waals surface area contributed by atoms with Crippen molar-refractivity contribution < 1.29 is 4.39 Å². The van der Waals surface area contributed by atoms with Crippen molar-refractivity contribution >= 4 is 16.6 Å². The van der Waals surface area contributed by atoms with E-state index in [0.29, 0.717) is 24.5 Å². The zero-order valence-corrected chi connectivity index (χ0v) is 21.2. The monoisotopic (exact) mass is 488 g/mol. The smallest absolute Gasteiger partial charge is 0.151 e. The summed E-state index contributed by atoms with van der Waals surface area (Å²) < 4.78 is 12.4. The predicted molar refractivity (Wildman–Crippen MR) is 141 cm³/mol. The van der Waals surface area contributed by atoms with Crippen molar-refractivity contribution in [2.45, 2.75) is 69.6 Å². The average Bonchev–Trinajstić information content (AvgIpc) is 3.22. The standard InChI is InChI=1S/C29H37FN6/c1-18-11-24-23-5-2-3-6-25(23)34-27(24)28(36(18)26-8-7-19-12-20(26)13-19)29-31-14-21(15-32-29)33-22-16-35(17-22)10-4-9-30/h2-3,5-6,14-15,18-20,22,26,28,33-34H,4,7-13,16-17H2,1H3/t18-,19?,20?,26-,28+/m1/s1. The van der Waals surface area contributed by atoms with Gasteiger partial charge in [0.05, 0.1) is 30.8 Å². The third-order valence-corrected chi connectivity index (χ3v) is 9.35. The summed E-state index contributed by atoms with van der Waals surface area (Å²) in [6.07, 6.45) is 11.1. The predicted octanol–water partition coefficient (Wildman–Crippen LogP) is 4.94. The second kappa shape index (κ2) is 9.10. The van der Waals surface area contributed by atoms with Crippen molar-refractivity contribution in [3.05, 3.63) is 53.7 Å². The molecule has 2 N–H and O–H groups in total. The molecule has 1 saturated heterocycles. The Balaban J connectivity index is 1.18. The molecule has 3 aromatic rings. The largest absolute Gasteiger partial charge is 0.377 e. The van der Waals surface area contributed by atoms with Crippen molar-refractivity contribution in [2.24, 2.45) is 11.8 Å². The summed E-state index contributed by atoms with van der Waals surface area (Å²) in [4.78, 5) is 18.8. The minimum Gasteiger partial charge on any atom is -0.377 e. The molecule has 2 aliphatic heterocycles. The summed E-state index contributed by atoms with van der Waals surface area (Å²) in [5.41, 5.74) is 4.92. The number of aromatic amines is 1. The number of rotatable bonds is 7. The fraction of sp³-hybridized carbons (Fsp3) is 0.586. The van der Waals surface area contributed by atoms with Gasteiger partial charge in [-0.1, -0.05) is 18.2 Å². The van der Waals surface area contributed by atoms with Crippen molar-refractivity contribution in [3.63, 3.8) is 0 Å². The molecule has 8 rings (SSSR count). The molecule has 4 fully saturated rings. The summed E-state index contributed by atoms with van der Waals surface area (Å²) in [5, 5.41) is 4.91. The third kappa shape index (κ3) is 3.82. The summed E-state index contributed by atoms with van der Waals surface area (Å²) in [6, 6.07) is 10.2. The number of fused-ring (bicyclic) bond motifs is 5. The number of aromatic nitrogens is 3. The van der Waals surface area contributed by atoms with E-state index in [4.69, 9.17) is 9.97 Å². The Bertz CT molecular complexity index is 1210. The van der Waals surface area contributed by atoms with Gasteiger partial charge in [-0.15, -0.1) is 0 Å². The van der Waals surface area contributed by atoms with Crippen LogP contribution in [0.2, 0.25) is 0 Å². The van der Waals surface area contributed by atoms with E-state index in [9.17, 15) is 4.39 Å². The fourth-order valence-electron chi connectivity index (χ4n) is 7.55. The van der Waals surface area contributed by atoms with Gasteiger partial charge in [0, 0.05) is 48.3 Å². The number of anilines is 1. The molecule has 0 radical (unpaired) electrons. The number of nitrogens with zero attached hydrogens (tertiary/aromatic N) is 4. The number of halogens is 1. The highest BCUT2D eigenvalue weighted by atomic mass is 19.1. The van der Waals surface area contributed by atoms with Crippen molar-refractivity contribution in [3.8, 4) is 0 Å². The van der Waals surface area contributed by atoms with E-state index in [-0.39, 0.29) is 12.7 Å². The number of likely N-dealkylation sites (tertiary alicyclic amines) is 1. The maximum Gasteiger partial charge on any atom is 0.151 e. The summed E-state index contributed by atoms with van der Waals surface area (Å²) in [7, 11) is 0. The Morgan fingerprint density at radius 2 is 1.92 bits per heavy atom. The molecule has 1 aromatic carbocycles. The van der Waals surface area contributed by atoms with E-state index in [1.807, 2.05) is 12.4 Å². The summed E-state index contributed by atoms with van der Waals surface area (Å²) in [5.74, 6) is 2.69. The van der Waals surface area contributed by atoms with Crippen LogP contribution in [0.5, 0.6) is 0 Å². The Hall–Kier alpha value is -2.51. The minimum atomic E-state index is -0.235. The van der Waals surface area contributed by atoms with Crippen LogP contribution in [0.25, 0.3) is 10.9 Å². The van der Waals surface area contributed by atoms with Gasteiger partial charge in [-0.2, -0.15) is 0 Å². The first-order valence-electron chi connectivity index (χ1n) is 13.9. The molecule has 2 bridgehead atoms. The first-order valence-corrected chi connectivity index (χ1v) is 13.9. The molecule has 2 aromatic heterocycles. The van der Waals surface area contributed by atoms with Gasteiger partial charge >= 0.3 is 0 Å². The van der Waals surface area contributed by atoms with Crippen LogP contribution in [0.1, 0.15) is 62.2 Å². The number of hydrogen-bond donors (Lipinski definition) is 2. The van der Waals surface area contributed by atoms with E-state index in [1.54, 1.807) is 0 Å². The van der Waals surface area contributed by atoms with Crippen LogP contribution in [0.15, 0.2) is 36.7 Å². The quantitative estimate of drug-likeness (QED) is 0.493. The molecule has 36 heavy (non-hydrogen) atoms. The second-order valence-corrected chi connectivity index (χ2v) is 11.7. The molecule has 5 aliphatic rings. The number of alkyl halides is 1. The molecule has 190 valence electrons. The van der Waals surface area contributed by atoms with Crippen LogP contribution in [0.3, 0.4) is 0 Å². The number of para-hydroxylation sites is 1. The van der Waals surface area contributed by atoms with Gasteiger partial charge in [0.2, 0.25) is 0 Å². The second-order valence-electron chi connectivity index (χ2n) is 11.7. The number of H-pyrrole nitrogens is 1. The SMILES string of the molecule is C[C@@H]1Cc2c([nH]c3ccccc23)[C@@H](c2ncc(NC3CN(CCCF)C3)cn2)N1[C@@H]1CCC2CC1C2. The van der Waals surface area contributed by atoms with Gasteiger partial charge < -0.3 is 10.3 Å². The topological polar surface area (TPSA) is 60.1 Å². The van der Waals surface area contributed by atoms with E-state index >= 15 is 0 Å². The van der Waals surface area contributed by atoms with Gasteiger partial charge in [-0.3, -0.25) is 14.2 Å². The van der Waals surface area contributed by atoms with Crippen LogP contribution in [0, 0.1) is 11.8 Å². The first kappa shape index (κ1) is 22.7. The lowest BCUT2D eigenvalue weighted by atomic mass is 9.61. The van der Waals surface area contributed by atoms with Gasteiger partial charge in [0.1, 0.15) is 6.04 Å². The molecule has 7 heteroatoms. The first-order chi connectivity index (χ1) is 17.7. The highest BCUT2D eigenvalue weighted by Crippen LogP contribution is 2.51. The third-order valence-electron chi connectivity index (χ3n) is 9.35. The van der Waals surface area contributed by atoms with Crippen molar-refractivity contribution in [2.75, 3.05) is 31.6 Å². The molecule has 3 atom stereocenters. The van der Waals surface area contributed by atoms with Gasteiger partial charge in [-0.05, 0) is 68.9 Å². The zero-order valence-electron chi connectivity index (χ0n) is 21.2. The Morgan fingerprint density at radius 3 is 2.67 bits per heavy atom. The van der Waals surface area contributed by atoms with E-state index in [0.717, 1.165) is 49.4 Å². The number of hydrogen-bond acceptors (Lipinski definition) is 5. The molecular formula is C29H37FN6. The number of benzene rings is 1. The maximum absolute atomic E-state index is 12.4. The molecule has 6 nitrogen and oxygen atoms in total. The summed E-state index contributed by atoms with van der Waals surface area (Å²) >= 11 is 0. The molecule has 4 heterocycles. The normalized spacial score (nSPS) is 30.6. The Kier molecular flexibility index (Phi) is 5.73. The van der Waals surface area contributed by atoms with E-state index in [1.165, 1.54) is 47.8 Å². The minimum absolute atomic E-state index is 0.0623. The molecule has 0 spiro atoms. The molecule has 3 saturated carbocycles. The number of nitrogens with one attached hydrogen (secondary N) is 2. The fourth-order valence-corrected chi connectivity index (χ4v) is 7.55.